The van der Waals surface area contributed by atoms with Crippen LogP contribution in [0, 0.1) is 0 Å². The minimum atomic E-state index is 1.14. The number of hydrogen-bond donors (Lipinski definition) is 0. The van der Waals surface area contributed by atoms with Gasteiger partial charge in [0.05, 0.1) is 0 Å². The Bertz CT molecular complexity index is 345. The SMILES string of the molecule is CCN1CC=C(CSc2ccccc2)CC1. The molecule has 16 heavy (non-hydrogen) atoms. The zero-order chi connectivity index (χ0) is 11.2. The average molecular weight is 233 g/mol. The van der Waals surface area contributed by atoms with E-state index in [1.165, 1.54) is 24.4 Å². The maximum Gasteiger partial charge on any atom is 0.0191 e. The zero-order valence-electron chi connectivity index (χ0n) is 9.86. The van der Waals surface area contributed by atoms with E-state index in [4.69, 9.17) is 0 Å². The van der Waals surface area contributed by atoms with Crippen LogP contribution in [0.4, 0.5) is 0 Å². The molecule has 2 rings (SSSR count). The molecule has 0 bridgehead atoms. The highest BCUT2D eigenvalue weighted by Gasteiger charge is 2.09. The summed E-state index contributed by atoms with van der Waals surface area (Å²) in [7, 11) is 0. The van der Waals surface area contributed by atoms with E-state index in [0.29, 0.717) is 0 Å². The molecule has 0 saturated carbocycles. The smallest absolute Gasteiger partial charge is 0.0191 e. The van der Waals surface area contributed by atoms with Crippen LogP contribution in [0.2, 0.25) is 0 Å². The van der Waals surface area contributed by atoms with E-state index < -0.39 is 0 Å². The molecule has 86 valence electrons. The van der Waals surface area contributed by atoms with Gasteiger partial charge in [0.25, 0.3) is 0 Å². The molecule has 1 aromatic rings. The summed E-state index contributed by atoms with van der Waals surface area (Å²) in [6, 6.07) is 10.7. The number of likely N-dealkylation sites (N-methyl/N-ethyl adjacent to an activating group) is 1. The van der Waals surface area contributed by atoms with E-state index in [1.807, 2.05) is 11.8 Å². The molecule has 0 saturated heterocycles. The third kappa shape index (κ3) is 3.39. The lowest BCUT2D eigenvalue weighted by atomic mass is 10.1. The molecular formula is C14H19NS. The van der Waals surface area contributed by atoms with Gasteiger partial charge in [-0.3, -0.25) is 4.90 Å². The monoisotopic (exact) mass is 233 g/mol. The van der Waals surface area contributed by atoms with Crippen LogP contribution in [0.15, 0.2) is 46.9 Å². The van der Waals surface area contributed by atoms with Crippen molar-refractivity contribution in [1.29, 1.82) is 0 Å². The first-order valence-electron chi connectivity index (χ1n) is 5.96. The van der Waals surface area contributed by atoms with E-state index in [0.717, 1.165) is 12.3 Å². The maximum absolute atomic E-state index is 2.48. The van der Waals surface area contributed by atoms with Gasteiger partial charge in [0, 0.05) is 23.7 Å². The first-order valence-corrected chi connectivity index (χ1v) is 6.95. The number of nitrogens with zero attached hydrogens (tertiary/aromatic N) is 1. The van der Waals surface area contributed by atoms with Crippen molar-refractivity contribution < 1.29 is 0 Å². The van der Waals surface area contributed by atoms with Gasteiger partial charge >= 0.3 is 0 Å². The lowest BCUT2D eigenvalue weighted by molar-refractivity contribution is 0.310. The second-order valence-electron chi connectivity index (χ2n) is 4.11. The van der Waals surface area contributed by atoms with Crippen molar-refractivity contribution in [3.8, 4) is 0 Å². The highest BCUT2D eigenvalue weighted by molar-refractivity contribution is 7.99. The summed E-state index contributed by atoms with van der Waals surface area (Å²) in [6.07, 6.45) is 3.65. The van der Waals surface area contributed by atoms with Crippen molar-refractivity contribution in [3.63, 3.8) is 0 Å². The van der Waals surface area contributed by atoms with Crippen LogP contribution in [0.5, 0.6) is 0 Å². The van der Waals surface area contributed by atoms with Crippen LogP contribution in [0.1, 0.15) is 13.3 Å². The minimum Gasteiger partial charge on any atom is -0.300 e. The summed E-state index contributed by atoms with van der Waals surface area (Å²) in [5.41, 5.74) is 1.61. The molecule has 0 atom stereocenters. The van der Waals surface area contributed by atoms with Gasteiger partial charge in [0.1, 0.15) is 0 Å². The van der Waals surface area contributed by atoms with E-state index in [1.54, 1.807) is 5.57 Å². The molecule has 1 aliphatic rings. The Balaban J connectivity index is 1.81. The van der Waals surface area contributed by atoms with Crippen LogP contribution in [0.25, 0.3) is 0 Å². The van der Waals surface area contributed by atoms with Crippen molar-refractivity contribution in [2.24, 2.45) is 0 Å². The van der Waals surface area contributed by atoms with Crippen LogP contribution >= 0.6 is 11.8 Å². The highest BCUT2D eigenvalue weighted by atomic mass is 32.2. The molecule has 1 aliphatic heterocycles. The Morgan fingerprint density at radius 2 is 2.06 bits per heavy atom. The van der Waals surface area contributed by atoms with Crippen LogP contribution < -0.4 is 0 Å². The summed E-state index contributed by atoms with van der Waals surface area (Å²) in [6.45, 7) is 5.78. The van der Waals surface area contributed by atoms with Gasteiger partial charge in [0.2, 0.25) is 0 Å². The molecule has 1 heterocycles. The van der Waals surface area contributed by atoms with E-state index >= 15 is 0 Å². The second-order valence-corrected chi connectivity index (χ2v) is 5.16. The summed E-state index contributed by atoms with van der Waals surface area (Å²) in [5.74, 6) is 1.15. The molecule has 0 aliphatic carbocycles. The first kappa shape index (κ1) is 11.7. The van der Waals surface area contributed by atoms with Gasteiger partial charge in [-0.05, 0) is 25.1 Å². The normalized spacial score (nSPS) is 17.2. The quantitative estimate of drug-likeness (QED) is 0.579. The Kier molecular flexibility index (Phi) is 4.49. The van der Waals surface area contributed by atoms with Gasteiger partial charge in [-0.15, -0.1) is 11.8 Å². The summed E-state index contributed by atoms with van der Waals surface area (Å²) in [4.78, 5) is 3.86. The van der Waals surface area contributed by atoms with E-state index in [9.17, 15) is 0 Å². The molecule has 0 aromatic heterocycles. The number of thioether (sulfide) groups is 1. The minimum absolute atomic E-state index is 1.14. The molecule has 0 unspecified atom stereocenters. The summed E-state index contributed by atoms with van der Waals surface area (Å²) in [5, 5.41) is 0. The molecule has 0 radical (unpaired) electrons. The van der Waals surface area contributed by atoms with Crippen molar-refractivity contribution in [2.75, 3.05) is 25.4 Å². The molecule has 1 aromatic carbocycles. The lowest BCUT2D eigenvalue weighted by Crippen LogP contribution is -2.28. The Labute approximate surface area is 103 Å². The predicted molar refractivity (Wildman–Crippen MR) is 72.0 cm³/mol. The fraction of sp³-hybridized carbons (Fsp3) is 0.429. The fourth-order valence-electron chi connectivity index (χ4n) is 1.86. The number of rotatable bonds is 4. The maximum atomic E-state index is 2.48. The summed E-state index contributed by atoms with van der Waals surface area (Å²) < 4.78 is 0. The van der Waals surface area contributed by atoms with Crippen molar-refractivity contribution in [2.45, 2.75) is 18.2 Å². The number of hydrogen-bond acceptors (Lipinski definition) is 2. The van der Waals surface area contributed by atoms with Gasteiger partial charge in [-0.2, -0.15) is 0 Å². The Morgan fingerprint density at radius 3 is 2.69 bits per heavy atom. The third-order valence-corrected chi connectivity index (χ3v) is 4.12. The van der Waals surface area contributed by atoms with E-state index in [2.05, 4.69) is 48.2 Å². The standard InChI is InChI=1S/C14H19NS/c1-2-15-10-8-13(9-11-15)12-16-14-6-4-3-5-7-14/h3-8H,2,9-12H2,1H3. The average Bonchev–Trinajstić information content (AvgIpc) is 2.38. The highest BCUT2D eigenvalue weighted by Crippen LogP contribution is 2.22. The fourth-order valence-corrected chi connectivity index (χ4v) is 2.83. The largest absolute Gasteiger partial charge is 0.300 e. The summed E-state index contributed by atoms with van der Waals surface area (Å²) >= 11 is 1.95. The van der Waals surface area contributed by atoms with E-state index in [-0.39, 0.29) is 0 Å². The van der Waals surface area contributed by atoms with Gasteiger partial charge in [0.15, 0.2) is 0 Å². The molecule has 2 heteroatoms. The molecule has 0 N–H and O–H groups in total. The third-order valence-electron chi connectivity index (χ3n) is 3.00. The van der Waals surface area contributed by atoms with Crippen molar-refractivity contribution in [3.05, 3.63) is 42.0 Å². The first-order chi connectivity index (χ1) is 7.88. The van der Waals surface area contributed by atoms with Gasteiger partial charge < -0.3 is 0 Å². The van der Waals surface area contributed by atoms with Crippen molar-refractivity contribution in [1.82, 2.24) is 4.90 Å². The zero-order valence-corrected chi connectivity index (χ0v) is 10.7. The molecule has 0 spiro atoms. The molecule has 1 nitrogen and oxygen atoms in total. The van der Waals surface area contributed by atoms with Crippen molar-refractivity contribution >= 4 is 11.8 Å². The topological polar surface area (TPSA) is 3.24 Å². The molecular weight excluding hydrogens is 214 g/mol. The molecule has 0 fully saturated rings. The van der Waals surface area contributed by atoms with Gasteiger partial charge in [-0.1, -0.05) is 36.8 Å². The Morgan fingerprint density at radius 1 is 1.25 bits per heavy atom. The lowest BCUT2D eigenvalue weighted by Gasteiger charge is -2.24. The van der Waals surface area contributed by atoms with Crippen LogP contribution in [0.3, 0.4) is 0 Å². The Hall–Kier alpha value is -0.730. The van der Waals surface area contributed by atoms with Gasteiger partial charge in [-0.25, -0.2) is 0 Å². The molecule has 0 amide bonds. The van der Waals surface area contributed by atoms with Crippen LogP contribution in [-0.4, -0.2) is 30.3 Å². The second kappa shape index (κ2) is 6.12. The predicted octanol–water partition coefficient (Wildman–Crippen LogP) is 3.43. The number of benzene rings is 1. The van der Waals surface area contributed by atoms with Crippen LogP contribution in [-0.2, 0) is 0 Å².